The standard InChI is InChI=1S/C50H32N4/c1-3-13-37(14-4-1)53-46-22-12-9-18-40(46)43-31-36(28-30-47(43)53)50-51-44-20-10-7-19-42(44)49(52-50)34-25-23-33(24-26-34)35-27-29-41-39-17-8-11-21-45(39)54(48(41)32-35)38-15-5-2-6-16-38/h1-32H. The first kappa shape index (κ1) is 30.3. The van der Waals surface area contributed by atoms with Crippen LogP contribution in [0.3, 0.4) is 0 Å². The van der Waals surface area contributed by atoms with Crippen LogP contribution in [0.2, 0.25) is 0 Å². The van der Waals surface area contributed by atoms with Gasteiger partial charge in [0.05, 0.1) is 33.3 Å². The summed E-state index contributed by atoms with van der Waals surface area (Å²) >= 11 is 0. The Morgan fingerprint density at radius 1 is 0.296 bits per heavy atom. The van der Waals surface area contributed by atoms with Gasteiger partial charge in [-0.2, -0.15) is 0 Å². The van der Waals surface area contributed by atoms with Gasteiger partial charge in [0.25, 0.3) is 0 Å². The van der Waals surface area contributed by atoms with Gasteiger partial charge in [0, 0.05) is 49.4 Å². The smallest absolute Gasteiger partial charge is 0.160 e. The highest BCUT2D eigenvalue weighted by atomic mass is 15.0. The number of nitrogens with zero attached hydrogens (tertiary/aromatic N) is 4. The third kappa shape index (κ3) is 4.78. The summed E-state index contributed by atoms with van der Waals surface area (Å²) in [5, 5.41) is 5.92. The fourth-order valence-electron chi connectivity index (χ4n) is 8.22. The Morgan fingerprint density at radius 2 is 0.796 bits per heavy atom. The molecule has 252 valence electrons. The van der Waals surface area contributed by atoms with Crippen LogP contribution in [-0.4, -0.2) is 19.1 Å². The molecule has 0 radical (unpaired) electrons. The van der Waals surface area contributed by atoms with E-state index in [9.17, 15) is 0 Å². The number of rotatable bonds is 5. The van der Waals surface area contributed by atoms with E-state index in [4.69, 9.17) is 9.97 Å². The Labute approximate surface area is 311 Å². The molecular formula is C50H32N4. The largest absolute Gasteiger partial charge is 0.309 e. The zero-order chi connectivity index (χ0) is 35.6. The molecule has 0 saturated heterocycles. The van der Waals surface area contributed by atoms with E-state index in [1.165, 1.54) is 43.7 Å². The van der Waals surface area contributed by atoms with Crippen molar-refractivity contribution in [2.45, 2.75) is 0 Å². The first-order valence-electron chi connectivity index (χ1n) is 18.3. The van der Waals surface area contributed by atoms with Crippen molar-refractivity contribution in [1.82, 2.24) is 19.1 Å². The lowest BCUT2D eigenvalue weighted by Gasteiger charge is -2.11. The van der Waals surface area contributed by atoms with E-state index in [2.05, 4.69) is 197 Å². The Kier molecular flexibility index (Phi) is 6.82. The molecule has 0 aliphatic carbocycles. The van der Waals surface area contributed by atoms with Crippen LogP contribution >= 0.6 is 0 Å². The van der Waals surface area contributed by atoms with Crippen LogP contribution < -0.4 is 0 Å². The van der Waals surface area contributed by atoms with Crippen molar-refractivity contribution in [1.29, 1.82) is 0 Å². The van der Waals surface area contributed by atoms with E-state index in [1.54, 1.807) is 0 Å². The van der Waals surface area contributed by atoms with Crippen molar-refractivity contribution in [3.05, 3.63) is 194 Å². The highest BCUT2D eigenvalue weighted by molar-refractivity contribution is 6.11. The molecule has 0 aliphatic rings. The summed E-state index contributed by atoms with van der Waals surface area (Å²) in [6, 6.07) is 69.0. The normalized spacial score (nSPS) is 11.7. The second-order valence-electron chi connectivity index (χ2n) is 13.8. The number of hydrogen-bond acceptors (Lipinski definition) is 2. The van der Waals surface area contributed by atoms with Crippen molar-refractivity contribution < 1.29 is 0 Å². The van der Waals surface area contributed by atoms with Gasteiger partial charge in [-0.15, -0.1) is 0 Å². The minimum Gasteiger partial charge on any atom is -0.309 e. The summed E-state index contributed by atoms with van der Waals surface area (Å²) in [5.41, 5.74) is 13.3. The Balaban J connectivity index is 1.02. The zero-order valence-corrected chi connectivity index (χ0v) is 29.3. The molecule has 0 aliphatic heterocycles. The molecule has 0 unspecified atom stereocenters. The number of para-hydroxylation sites is 5. The van der Waals surface area contributed by atoms with E-state index in [1.807, 2.05) is 6.07 Å². The van der Waals surface area contributed by atoms with Gasteiger partial charge in [-0.05, 0) is 77.9 Å². The molecule has 0 atom stereocenters. The highest BCUT2D eigenvalue weighted by Gasteiger charge is 2.17. The summed E-state index contributed by atoms with van der Waals surface area (Å²) in [6.45, 7) is 0. The predicted molar refractivity (Wildman–Crippen MR) is 225 cm³/mol. The summed E-state index contributed by atoms with van der Waals surface area (Å²) in [5.74, 6) is 0.713. The molecule has 4 heteroatoms. The molecule has 8 aromatic carbocycles. The van der Waals surface area contributed by atoms with Crippen LogP contribution in [-0.2, 0) is 0 Å². The van der Waals surface area contributed by atoms with Crippen molar-refractivity contribution >= 4 is 54.5 Å². The maximum atomic E-state index is 5.28. The lowest BCUT2D eigenvalue weighted by atomic mass is 9.99. The summed E-state index contributed by atoms with van der Waals surface area (Å²) in [4.78, 5) is 10.4. The maximum Gasteiger partial charge on any atom is 0.160 e. The monoisotopic (exact) mass is 688 g/mol. The van der Waals surface area contributed by atoms with Gasteiger partial charge in [-0.1, -0.05) is 127 Å². The minimum absolute atomic E-state index is 0.713. The summed E-state index contributed by atoms with van der Waals surface area (Å²) in [6.07, 6.45) is 0. The Morgan fingerprint density at radius 3 is 1.50 bits per heavy atom. The molecule has 3 aromatic heterocycles. The van der Waals surface area contributed by atoms with Gasteiger partial charge >= 0.3 is 0 Å². The second-order valence-corrected chi connectivity index (χ2v) is 13.8. The topological polar surface area (TPSA) is 35.6 Å². The lowest BCUT2D eigenvalue weighted by Crippen LogP contribution is -1.96. The van der Waals surface area contributed by atoms with Gasteiger partial charge in [0.1, 0.15) is 0 Å². The predicted octanol–water partition coefficient (Wildman–Crippen LogP) is 12.8. The molecule has 11 rings (SSSR count). The van der Waals surface area contributed by atoms with E-state index in [-0.39, 0.29) is 0 Å². The van der Waals surface area contributed by atoms with Crippen molar-refractivity contribution in [3.8, 4) is 45.1 Å². The molecule has 0 spiro atoms. The van der Waals surface area contributed by atoms with E-state index < -0.39 is 0 Å². The third-order valence-corrected chi connectivity index (χ3v) is 10.7. The van der Waals surface area contributed by atoms with Crippen LogP contribution in [0.15, 0.2) is 194 Å². The van der Waals surface area contributed by atoms with E-state index in [0.29, 0.717) is 5.82 Å². The van der Waals surface area contributed by atoms with Crippen molar-refractivity contribution in [2.24, 2.45) is 0 Å². The second kappa shape index (κ2) is 12.1. The van der Waals surface area contributed by atoms with Gasteiger partial charge in [-0.25, -0.2) is 9.97 Å². The molecule has 0 amide bonds. The van der Waals surface area contributed by atoms with Crippen LogP contribution in [0.4, 0.5) is 0 Å². The fraction of sp³-hybridized carbons (Fsp3) is 0. The van der Waals surface area contributed by atoms with E-state index >= 15 is 0 Å². The maximum absolute atomic E-state index is 5.28. The molecule has 0 fully saturated rings. The van der Waals surface area contributed by atoms with Crippen LogP contribution in [0.1, 0.15) is 0 Å². The molecule has 0 saturated carbocycles. The van der Waals surface area contributed by atoms with Crippen molar-refractivity contribution in [3.63, 3.8) is 0 Å². The molecule has 3 heterocycles. The van der Waals surface area contributed by atoms with Gasteiger partial charge in [0.15, 0.2) is 5.82 Å². The van der Waals surface area contributed by atoms with Crippen LogP contribution in [0.5, 0.6) is 0 Å². The number of fused-ring (bicyclic) bond motifs is 7. The van der Waals surface area contributed by atoms with Crippen LogP contribution in [0.25, 0.3) is 99.7 Å². The molecule has 54 heavy (non-hydrogen) atoms. The summed E-state index contributed by atoms with van der Waals surface area (Å²) in [7, 11) is 0. The molecule has 0 N–H and O–H groups in total. The SMILES string of the molecule is c1ccc(-n2c3ccccc3c3cc(-c4nc(-c5ccc(-c6ccc7c8ccccc8n(-c8ccccc8)c7c6)cc5)c5ccccc5n4)ccc32)cc1. The Bertz CT molecular complexity index is 3190. The average molecular weight is 689 g/mol. The first-order chi connectivity index (χ1) is 26.8. The quantitative estimate of drug-likeness (QED) is 0.180. The number of hydrogen-bond donors (Lipinski definition) is 0. The van der Waals surface area contributed by atoms with Crippen LogP contribution in [0, 0.1) is 0 Å². The fourth-order valence-corrected chi connectivity index (χ4v) is 8.22. The van der Waals surface area contributed by atoms with Gasteiger partial charge in [0.2, 0.25) is 0 Å². The number of benzene rings is 8. The minimum atomic E-state index is 0.713. The van der Waals surface area contributed by atoms with Gasteiger partial charge in [-0.3, -0.25) is 0 Å². The molecule has 11 aromatic rings. The number of aromatic nitrogens is 4. The molecular weight excluding hydrogens is 657 g/mol. The van der Waals surface area contributed by atoms with Crippen molar-refractivity contribution in [2.75, 3.05) is 0 Å². The summed E-state index contributed by atoms with van der Waals surface area (Å²) < 4.78 is 4.70. The molecule has 4 nitrogen and oxygen atoms in total. The zero-order valence-electron chi connectivity index (χ0n) is 29.3. The Hall–Kier alpha value is -7.30. The third-order valence-electron chi connectivity index (χ3n) is 10.7. The molecule has 0 bridgehead atoms. The lowest BCUT2D eigenvalue weighted by molar-refractivity contribution is 1.18. The average Bonchev–Trinajstić information content (AvgIpc) is 3.76. The first-order valence-corrected chi connectivity index (χ1v) is 18.3. The highest BCUT2D eigenvalue weighted by Crippen LogP contribution is 2.38. The van der Waals surface area contributed by atoms with Gasteiger partial charge < -0.3 is 9.13 Å². The van der Waals surface area contributed by atoms with E-state index in [0.717, 1.165) is 50.2 Å².